The molecule has 0 amide bonds. The summed E-state index contributed by atoms with van der Waals surface area (Å²) in [6.45, 7) is 7.41. The van der Waals surface area contributed by atoms with Gasteiger partial charge in [0.15, 0.2) is 5.96 Å². The van der Waals surface area contributed by atoms with E-state index in [0.29, 0.717) is 6.61 Å². The van der Waals surface area contributed by atoms with Gasteiger partial charge in [0, 0.05) is 65.7 Å². The van der Waals surface area contributed by atoms with Crippen molar-refractivity contribution in [2.45, 2.75) is 13.1 Å². The zero-order valence-electron chi connectivity index (χ0n) is 17.6. The number of rotatable bonds is 8. The highest BCUT2D eigenvalue weighted by Crippen LogP contribution is 2.11. The number of methoxy groups -OCH3 is 1. The molecule has 2 aromatic rings. The second kappa shape index (κ2) is 11.4. The fourth-order valence-electron chi connectivity index (χ4n) is 3.51. The highest BCUT2D eigenvalue weighted by Gasteiger charge is 2.19. The molecule has 0 aromatic heterocycles. The number of nitrogens with zero attached hydrogens (tertiary/aromatic N) is 3. The molecule has 6 nitrogen and oxygen atoms in total. The zero-order valence-corrected chi connectivity index (χ0v) is 17.6. The van der Waals surface area contributed by atoms with Crippen LogP contribution in [0.5, 0.6) is 0 Å². The molecule has 0 bridgehead atoms. The first-order valence-corrected chi connectivity index (χ1v) is 10.3. The third-order valence-electron chi connectivity index (χ3n) is 5.17. The highest BCUT2D eigenvalue weighted by molar-refractivity contribution is 5.80. The Hall–Kier alpha value is -2.57. The van der Waals surface area contributed by atoms with Gasteiger partial charge < -0.3 is 20.3 Å². The van der Waals surface area contributed by atoms with Crippen LogP contribution in [-0.2, 0) is 17.8 Å². The van der Waals surface area contributed by atoms with E-state index in [4.69, 9.17) is 4.74 Å². The molecular formula is C23H33N5O. The molecule has 0 radical (unpaired) electrons. The average Bonchev–Trinajstić information content (AvgIpc) is 2.77. The number of piperazine rings is 1. The molecular weight excluding hydrogens is 362 g/mol. The molecule has 1 aliphatic heterocycles. The van der Waals surface area contributed by atoms with E-state index >= 15 is 0 Å². The van der Waals surface area contributed by atoms with Gasteiger partial charge in [0.1, 0.15) is 0 Å². The van der Waals surface area contributed by atoms with E-state index in [2.05, 4.69) is 80.0 Å². The first kappa shape index (κ1) is 21.1. The molecule has 2 N–H and O–H groups in total. The third-order valence-corrected chi connectivity index (χ3v) is 5.17. The first-order chi connectivity index (χ1) is 14.3. The van der Waals surface area contributed by atoms with Crippen LogP contribution in [0.3, 0.4) is 0 Å². The van der Waals surface area contributed by atoms with Gasteiger partial charge in [-0.2, -0.15) is 0 Å². The predicted octanol–water partition coefficient (Wildman–Crippen LogP) is 2.64. The van der Waals surface area contributed by atoms with Crippen LogP contribution in [0.1, 0.15) is 11.1 Å². The maximum atomic E-state index is 5.07. The SMILES string of the molecule is CN=C(NCc1ccc(NCCOC)cc1)N1CCN(Cc2ccccc2)CC1. The summed E-state index contributed by atoms with van der Waals surface area (Å²) in [5, 5.41) is 6.85. The highest BCUT2D eigenvalue weighted by atomic mass is 16.5. The van der Waals surface area contributed by atoms with Crippen LogP contribution < -0.4 is 10.6 Å². The van der Waals surface area contributed by atoms with E-state index in [0.717, 1.165) is 57.5 Å². The van der Waals surface area contributed by atoms with Crippen LogP contribution in [0.2, 0.25) is 0 Å². The monoisotopic (exact) mass is 395 g/mol. The number of hydrogen-bond donors (Lipinski definition) is 2. The van der Waals surface area contributed by atoms with E-state index in [1.807, 2.05) is 7.05 Å². The summed E-state index contributed by atoms with van der Waals surface area (Å²) in [5.74, 6) is 0.978. The van der Waals surface area contributed by atoms with Gasteiger partial charge in [-0.25, -0.2) is 0 Å². The van der Waals surface area contributed by atoms with Gasteiger partial charge in [0.25, 0.3) is 0 Å². The summed E-state index contributed by atoms with van der Waals surface area (Å²) in [6, 6.07) is 19.2. The van der Waals surface area contributed by atoms with E-state index in [-0.39, 0.29) is 0 Å². The predicted molar refractivity (Wildman–Crippen MR) is 120 cm³/mol. The molecule has 0 aliphatic carbocycles. The molecule has 1 fully saturated rings. The zero-order chi connectivity index (χ0) is 20.3. The van der Waals surface area contributed by atoms with Crippen LogP contribution >= 0.6 is 0 Å². The lowest BCUT2D eigenvalue weighted by atomic mass is 10.2. The summed E-state index contributed by atoms with van der Waals surface area (Å²) in [5.41, 5.74) is 3.74. The lowest BCUT2D eigenvalue weighted by Crippen LogP contribution is -2.52. The fraction of sp³-hybridized carbons (Fsp3) is 0.435. The molecule has 3 rings (SSSR count). The van der Waals surface area contributed by atoms with E-state index in [9.17, 15) is 0 Å². The second-order valence-corrected chi connectivity index (χ2v) is 7.27. The van der Waals surface area contributed by atoms with Crippen molar-refractivity contribution in [1.29, 1.82) is 0 Å². The molecule has 29 heavy (non-hydrogen) atoms. The maximum absolute atomic E-state index is 5.07. The van der Waals surface area contributed by atoms with Crippen molar-refractivity contribution < 1.29 is 4.74 Å². The molecule has 156 valence electrons. The standard InChI is InChI=1S/C23H33N5O/c1-24-23(26-18-20-8-10-22(11-9-20)25-12-17-29-2)28-15-13-27(14-16-28)19-21-6-4-3-5-7-21/h3-11,25H,12-19H2,1-2H3,(H,24,26). The van der Waals surface area contributed by atoms with Gasteiger partial charge in [0.2, 0.25) is 0 Å². The van der Waals surface area contributed by atoms with Crippen LogP contribution in [0.25, 0.3) is 0 Å². The number of aliphatic imine (C=N–C) groups is 1. The number of guanidine groups is 1. The molecule has 1 heterocycles. The minimum absolute atomic E-state index is 0.707. The fourth-order valence-corrected chi connectivity index (χ4v) is 3.51. The van der Waals surface area contributed by atoms with Crippen molar-refractivity contribution in [3.8, 4) is 0 Å². The van der Waals surface area contributed by atoms with E-state index in [1.54, 1.807) is 7.11 Å². The smallest absolute Gasteiger partial charge is 0.194 e. The van der Waals surface area contributed by atoms with Gasteiger partial charge in [-0.05, 0) is 23.3 Å². The lowest BCUT2D eigenvalue weighted by Gasteiger charge is -2.36. The molecule has 6 heteroatoms. The van der Waals surface area contributed by atoms with Crippen molar-refractivity contribution in [2.24, 2.45) is 4.99 Å². The Bertz CT molecular complexity index is 740. The number of hydrogen-bond acceptors (Lipinski definition) is 4. The summed E-state index contributed by atoms with van der Waals surface area (Å²) in [7, 11) is 3.58. The van der Waals surface area contributed by atoms with Crippen molar-refractivity contribution in [1.82, 2.24) is 15.1 Å². The quantitative estimate of drug-likeness (QED) is 0.409. The number of ether oxygens (including phenoxy) is 1. The Balaban J connectivity index is 1.42. The molecule has 0 spiro atoms. The van der Waals surface area contributed by atoms with Gasteiger partial charge >= 0.3 is 0 Å². The van der Waals surface area contributed by atoms with Crippen molar-refractivity contribution in [3.05, 3.63) is 65.7 Å². The first-order valence-electron chi connectivity index (χ1n) is 10.3. The summed E-state index contributed by atoms with van der Waals surface area (Å²) in [6.07, 6.45) is 0. The summed E-state index contributed by atoms with van der Waals surface area (Å²) >= 11 is 0. The van der Waals surface area contributed by atoms with Crippen molar-refractivity contribution in [2.75, 3.05) is 58.8 Å². The minimum Gasteiger partial charge on any atom is -0.383 e. The topological polar surface area (TPSA) is 52.1 Å². The largest absolute Gasteiger partial charge is 0.383 e. The van der Waals surface area contributed by atoms with Gasteiger partial charge in [-0.15, -0.1) is 0 Å². The second-order valence-electron chi connectivity index (χ2n) is 7.27. The maximum Gasteiger partial charge on any atom is 0.194 e. The number of benzene rings is 2. The Kier molecular flexibility index (Phi) is 8.34. The normalized spacial score (nSPS) is 15.4. The molecule has 1 aliphatic rings. The average molecular weight is 396 g/mol. The van der Waals surface area contributed by atoms with Crippen molar-refractivity contribution in [3.63, 3.8) is 0 Å². The molecule has 1 saturated heterocycles. The van der Waals surface area contributed by atoms with Crippen LogP contribution in [0, 0.1) is 0 Å². The Morgan fingerprint density at radius 1 is 0.966 bits per heavy atom. The summed E-state index contributed by atoms with van der Waals surface area (Å²) in [4.78, 5) is 9.35. The molecule has 2 aromatic carbocycles. The van der Waals surface area contributed by atoms with E-state index < -0.39 is 0 Å². The Morgan fingerprint density at radius 2 is 1.69 bits per heavy atom. The van der Waals surface area contributed by atoms with Crippen LogP contribution in [-0.4, -0.2) is 69.2 Å². The number of anilines is 1. The van der Waals surface area contributed by atoms with Crippen LogP contribution in [0.15, 0.2) is 59.6 Å². The third kappa shape index (κ3) is 6.76. The van der Waals surface area contributed by atoms with E-state index in [1.165, 1.54) is 11.1 Å². The van der Waals surface area contributed by atoms with Gasteiger partial charge in [0.05, 0.1) is 6.61 Å². The van der Waals surface area contributed by atoms with Crippen molar-refractivity contribution >= 4 is 11.6 Å². The summed E-state index contributed by atoms with van der Waals surface area (Å²) < 4.78 is 5.07. The van der Waals surface area contributed by atoms with Gasteiger partial charge in [-0.1, -0.05) is 42.5 Å². The number of nitrogens with one attached hydrogen (secondary N) is 2. The molecule has 0 atom stereocenters. The van der Waals surface area contributed by atoms with Gasteiger partial charge in [-0.3, -0.25) is 9.89 Å². The van der Waals surface area contributed by atoms with Crippen LogP contribution in [0.4, 0.5) is 5.69 Å². The minimum atomic E-state index is 0.707. The lowest BCUT2D eigenvalue weighted by molar-refractivity contribution is 0.172. The Morgan fingerprint density at radius 3 is 2.34 bits per heavy atom. The molecule has 0 unspecified atom stereocenters. The Labute approximate surface area is 174 Å². The molecule has 0 saturated carbocycles.